The number of nitriles is 1. The Balaban J connectivity index is 2.18. The van der Waals surface area contributed by atoms with E-state index in [9.17, 15) is 0 Å². The summed E-state index contributed by atoms with van der Waals surface area (Å²) in [4.78, 5) is 0. The molecule has 0 fully saturated rings. The van der Waals surface area contributed by atoms with E-state index in [4.69, 9.17) is 11.0 Å². The minimum Gasteiger partial charge on any atom is -0.398 e. The van der Waals surface area contributed by atoms with E-state index < -0.39 is 0 Å². The van der Waals surface area contributed by atoms with Gasteiger partial charge in [0, 0.05) is 12.2 Å². The van der Waals surface area contributed by atoms with Gasteiger partial charge in [0.15, 0.2) is 0 Å². The van der Waals surface area contributed by atoms with Crippen LogP contribution in [0, 0.1) is 18.3 Å². The number of nitrogens with two attached hydrogens (primary N) is 1. The molecule has 0 saturated heterocycles. The Morgan fingerprint density at radius 2 is 2.00 bits per heavy atom. The molecule has 0 aliphatic rings. The minimum atomic E-state index is 0.616. The molecular formula is C15H15N3. The van der Waals surface area contributed by atoms with Gasteiger partial charge in [-0.25, -0.2) is 0 Å². The highest BCUT2D eigenvalue weighted by atomic mass is 14.9. The van der Waals surface area contributed by atoms with E-state index in [-0.39, 0.29) is 0 Å². The van der Waals surface area contributed by atoms with E-state index in [0.29, 0.717) is 12.1 Å². The van der Waals surface area contributed by atoms with E-state index in [2.05, 4.69) is 11.4 Å². The first-order valence-corrected chi connectivity index (χ1v) is 5.78. The summed E-state index contributed by atoms with van der Waals surface area (Å²) in [5, 5.41) is 12.3. The van der Waals surface area contributed by atoms with Crippen molar-refractivity contribution in [2.24, 2.45) is 0 Å². The molecule has 3 N–H and O–H groups in total. The highest BCUT2D eigenvalue weighted by Gasteiger charge is 2.03. The molecule has 0 atom stereocenters. The molecule has 3 heteroatoms. The fraction of sp³-hybridized carbons (Fsp3) is 0.133. The molecule has 0 spiro atoms. The number of hydrogen-bond acceptors (Lipinski definition) is 3. The summed E-state index contributed by atoms with van der Waals surface area (Å²) in [6.45, 7) is 2.62. The van der Waals surface area contributed by atoms with Crippen LogP contribution >= 0.6 is 0 Å². The van der Waals surface area contributed by atoms with Gasteiger partial charge in [-0.2, -0.15) is 5.26 Å². The van der Waals surface area contributed by atoms with Gasteiger partial charge in [0.05, 0.1) is 11.3 Å². The minimum absolute atomic E-state index is 0.616. The maximum Gasteiger partial charge on any atom is 0.101 e. The van der Waals surface area contributed by atoms with E-state index in [1.54, 1.807) is 0 Å². The molecule has 0 radical (unpaired) electrons. The smallest absolute Gasteiger partial charge is 0.101 e. The largest absolute Gasteiger partial charge is 0.398 e. The predicted octanol–water partition coefficient (Wildman–Crippen LogP) is 3.06. The van der Waals surface area contributed by atoms with Crippen molar-refractivity contribution < 1.29 is 0 Å². The Hall–Kier alpha value is -2.47. The van der Waals surface area contributed by atoms with Crippen molar-refractivity contribution in [3.63, 3.8) is 0 Å². The van der Waals surface area contributed by atoms with Gasteiger partial charge in [0.2, 0.25) is 0 Å². The average molecular weight is 237 g/mol. The van der Waals surface area contributed by atoms with Gasteiger partial charge in [-0.1, -0.05) is 24.3 Å². The molecule has 2 rings (SSSR count). The fourth-order valence-corrected chi connectivity index (χ4v) is 1.79. The number of nitrogens with zero attached hydrogens (tertiary/aromatic N) is 1. The molecular weight excluding hydrogens is 222 g/mol. The number of anilines is 2. The van der Waals surface area contributed by atoms with Crippen molar-refractivity contribution in [3.05, 3.63) is 59.2 Å². The maximum atomic E-state index is 9.05. The summed E-state index contributed by atoms with van der Waals surface area (Å²) < 4.78 is 0. The quantitative estimate of drug-likeness (QED) is 0.806. The summed E-state index contributed by atoms with van der Waals surface area (Å²) in [6.07, 6.45) is 0. The zero-order valence-electron chi connectivity index (χ0n) is 10.3. The SMILES string of the molecule is Cc1ccc(C#N)c(NCc2ccccc2N)c1. The van der Waals surface area contributed by atoms with E-state index in [0.717, 1.165) is 22.5 Å². The molecule has 2 aromatic carbocycles. The number of nitrogen functional groups attached to an aromatic ring is 1. The fourth-order valence-electron chi connectivity index (χ4n) is 1.79. The van der Waals surface area contributed by atoms with Crippen LogP contribution in [0.15, 0.2) is 42.5 Å². The molecule has 0 bridgehead atoms. The standard InChI is InChI=1S/C15H15N3/c1-11-6-7-12(9-16)15(8-11)18-10-13-4-2-3-5-14(13)17/h2-8,18H,10,17H2,1H3. The number of hydrogen-bond donors (Lipinski definition) is 2. The number of rotatable bonds is 3. The van der Waals surface area contributed by atoms with Gasteiger partial charge in [-0.15, -0.1) is 0 Å². The van der Waals surface area contributed by atoms with Crippen LogP contribution in [0.5, 0.6) is 0 Å². The maximum absolute atomic E-state index is 9.05. The van der Waals surface area contributed by atoms with Gasteiger partial charge < -0.3 is 11.1 Å². The van der Waals surface area contributed by atoms with Gasteiger partial charge in [-0.05, 0) is 36.2 Å². The summed E-state index contributed by atoms with van der Waals surface area (Å²) in [5.74, 6) is 0. The summed E-state index contributed by atoms with van der Waals surface area (Å²) in [7, 11) is 0. The van der Waals surface area contributed by atoms with Crippen molar-refractivity contribution in [2.75, 3.05) is 11.1 Å². The number of benzene rings is 2. The van der Waals surface area contributed by atoms with Crippen molar-refractivity contribution >= 4 is 11.4 Å². The Kier molecular flexibility index (Phi) is 3.49. The summed E-state index contributed by atoms with van der Waals surface area (Å²) in [5.41, 5.74) is 10.3. The summed E-state index contributed by atoms with van der Waals surface area (Å²) in [6, 6.07) is 15.6. The predicted molar refractivity (Wildman–Crippen MR) is 74.1 cm³/mol. The van der Waals surface area contributed by atoms with Gasteiger partial charge in [-0.3, -0.25) is 0 Å². The average Bonchev–Trinajstić information content (AvgIpc) is 2.38. The molecule has 0 amide bonds. The van der Waals surface area contributed by atoms with Crippen LogP contribution in [0.4, 0.5) is 11.4 Å². The Morgan fingerprint density at radius 1 is 1.22 bits per heavy atom. The Morgan fingerprint density at radius 3 is 2.72 bits per heavy atom. The van der Waals surface area contributed by atoms with Crippen molar-refractivity contribution in [1.82, 2.24) is 0 Å². The van der Waals surface area contributed by atoms with E-state index >= 15 is 0 Å². The van der Waals surface area contributed by atoms with Crippen molar-refractivity contribution in [2.45, 2.75) is 13.5 Å². The number of aryl methyl sites for hydroxylation is 1. The van der Waals surface area contributed by atoms with Crippen LogP contribution in [0.2, 0.25) is 0 Å². The first-order valence-electron chi connectivity index (χ1n) is 5.78. The lowest BCUT2D eigenvalue weighted by molar-refractivity contribution is 1.15. The molecule has 0 aliphatic carbocycles. The monoisotopic (exact) mass is 237 g/mol. The van der Waals surface area contributed by atoms with Crippen molar-refractivity contribution in [3.8, 4) is 6.07 Å². The lowest BCUT2D eigenvalue weighted by atomic mass is 10.1. The molecule has 90 valence electrons. The van der Waals surface area contributed by atoms with Crippen LogP contribution < -0.4 is 11.1 Å². The zero-order chi connectivity index (χ0) is 13.0. The highest BCUT2D eigenvalue weighted by molar-refractivity contribution is 5.59. The normalized spacial score (nSPS) is 9.78. The second-order valence-corrected chi connectivity index (χ2v) is 4.21. The molecule has 0 saturated carbocycles. The lowest BCUT2D eigenvalue weighted by Crippen LogP contribution is -2.04. The second-order valence-electron chi connectivity index (χ2n) is 4.21. The topological polar surface area (TPSA) is 61.8 Å². The van der Waals surface area contributed by atoms with Crippen molar-refractivity contribution in [1.29, 1.82) is 5.26 Å². The van der Waals surface area contributed by atoms with Crippen LogP contribution in [-0.2, 0) is 6.54 Å². The summed E-state index contributed by atoms with van der Waals surface area (Å²) >= 11 is 0. The number of para-hydroxylation sites is 1. The van der Waals surface area contributed by atoms with Gasteiger partial charge in [0.1, 0.15) is 6.07 Å². The first-order chi connectivity index (χ1) is 8.70. The van der Waals surface area contributed by atoms with Crippen LogP contribution in [0.1, 0.15) is 16.7 Å². The molecule has 0 heterocycles. The van der Waals surface area contributed by atoms with Crippen LogP contribution in [0.3, 0.4) is 0 Å². The molecule has 18 heavy (non-hydrogen) atoms. The highest BCUT2D eigenvalue weighted by Crippen LogP contribution is 2.19. The second kappa shape index (κ2) is 5.24. The zero-order valence-corrected chi connectivity index (χ0v) is 10.3. The van der Waals surface area contributed by atoms with Gasteiger partial charge >= 0.3 is 0 Å². The Bertz CT molecular complexity index is 597. The Labute approximate surface area is 107 Å². The molecule has 0 aliphatic heterocycles. The van der Waals surface area contributed by atoms with E-state index in [1.165, 1.54) is 0 Å². The molecule has 3 nitrogen and oxygen atoms in total. The molecule has 0 aromatic heterocycles. The third-order valence-corrected chi connectivity index (χ3v) is 2.82. The molecule has 2 aromatic rings. The lowest BCUT2D eigenvalue weighted by Gasteiger charge is -2.10. The third kappa shape index (κ3) is 2.61. The third-order valence-electron chi connectivity index (χ3n) is 2.82. The van der Waals surface area contributed by atoms with Crippen LogP contribution in [0.25, 0.3) is 0 Å². The number of nitrogens with one attached hydrogen (secondary N) is 1. The van der Waals surface area contributed by atoms with E-state index in [1.807, 2.05) is 49.4 Å². The molecule has 0 unspecified atom stereocenters. The van der Waals surface area contributed by atoms with Gasteiger partial charge in [0.25, 0.3) is 0 Å². The first kappa shape index (κ1) is 12.0. The van der Waals surface area contributed by atoms with Crippen LogP contribution in [-0.4, -0.2) is 0 Å².